The van der Waals surface area contributed by atoms with Gasteiger partial charge in [0.15, 0.2) is 0 Å². The molecule has 0 unspecified atom stereocenters. The molecule has 0 saturated carbocycles. The van der Waals surface area contributed by atoms with Gasteiger partial charge in [0.2, 0.25) is 0 Å². The lowest BCUT2D eigenvalue weighted by atomic mass is 9.99. The fraction of sp³-hybridized carbons (Fsp3) is 0.917. The van der Waals surface area contributed by atoms with Crippen molar-refractivity contribution in [2.24, 2.45) is 11.8 Å². The second-order valence-electron chi connectivity index (χ2n) is 5.37. The molecule has 1 rings (SSSR count). The van der Waals surface area contributed by atoms with Crippen molar-refractivity contribution in [3.05, 3.63) is 0 Å². The fourth-order valence-corrected chi connectivity index (χ4v) is 1.72. The number of carbonyl (C=O) groups is 1. The molecule has 0 spiro atoms. The second kappa shape index (κ2) is 5.64. The van der Waals surface area contributed by atoms with Crippen molar-refractivity contribution in [3.63, 3.8) is 0 Å². The molecular weight excluding hydrogens is 206 g/mol. The first kappa shape index (κ1) is 13.5. The van der Waals surface area contributed by atoms with E-state index in [1.165, 1.54) is 0 Å². The van der Waals surface area contributed by atoms with E-state index >= 15 is 0 Å². The van der Waals surface area contributed by atoms with Gasteiger partial charge in [0.1, 0.15) is 6.61 Å². The molecule has 0 aromatic carbocycles. The minimum absolute atomic E-state index is 0.00892. The molecule has 1 fully saturated rings. The summed E-state index contributed by atoms with van der Waals surface area (Å²) < 4.78 is 10.7. The Morgan fingerprint density at radius 3 is 2.50 bits per heavy atom. The number of nitrogens with one attached hydrogen (secondary N) is 1. The topological polar surface area (TPSA) is 47.6 Å². The molecule has 0 aliphatic carbocycles. The minimum Gasteiger partial charge on any atom is -0.463 e. The number of rotatable bonds is 4. The maximum atomic E-state index is 11.7. The van der Waals surface area contributed by atoms with E-state index < -0.39 is 0 Å². The summed E-state index contributed by atoms with van der Waals surface area (Å²) in [5.74, 6) is 0.278. The summed E-state index contributed by atoms with van der Waals surface area (Å²) in [7, 11) is 0. The van der Waals surface area contributed by atoms with Gasteiger partial charge in [-0.15, -0.1) is 0 Å². The van der Waals surface area contributed by atoms with Gasteiger partial charge in [0.05, 0.1) is 18.1 Å². The van der Waals surface area contributed by atoms with E-state index in [4.69, 9.17) is 9.47 Å². The van der Waals surface area contributed by atoms with Gasteiger partial charge < -0.3 is 14.8 Å². The lowest BCUT2D eigenvalue weighted by Gasteiger charge is -2.20. The zero-order chi connectivity index (χ0) is 12.2. The summed E-state index contributed by atoms with van der Waals surface area (Å²) in [5, 5.41) is 3.19. The second-order valence-corrected chi connectivity index (χ2v) is 5.37. The van der Waals surface area contributed by atoms with E-state index in [0.717, 1.165) is 13.1 Å². The van der Waals surface area contributed by atoms with Gasteiger partial charge in [0, 0.05) is 6.54 Å². The highest BCUT2D eigenvalue weighted by molar-refractivity contribution is 5.73. The summed E-state index contributed by atoms with van der Waals surface area (Å²) in [4.78, 5) is 11.7. The van der Waals surface area contributed by atoms with Crippen LogP contribution in [0.4, 0.5) is 0 Å². The molecule has 4 nitrogen and oxygen atoms in total. The van der Waals surface area contributed by atoms with E-state index in [1.807, 2.05) is 20.8 Å². The van der Waals surface area contributed by atoms with E-state index in [9.17, 15) is 4.79 Å². The molecule has 16 heavy (non-hydrogen) atoms. The third-order valence-electron chi connectivity index (χ3n) is 2.68. The maximum absolute atomic E-state index is 11.7. The summed E-state index contributed by atoms with van der Waals surface area (Å²) in [6.07, 6.45) is 0. The number of hydrogen-bond acceptors (Lipinski definition) is 4. The first-order chi connectivity index (χ1) is 7.40. The Morgan fingerprint density at radius 2 is 2.00 bits per heavy atom. The van der Waals surface area contributed by atoms with Crippen molar-refractivity contribution in [2.75, 3.05) is 26.3 Å². The molecule has 94 valence electrons. The molecule has 2 atom stereocenters. The van der Waals surface area contributed by atoms with E-state index in [1.54, 1.807) is 0 Å². The Hall–Kier alpha value is -0.610. The summed E-state index contributed by atoms with van der Waals surface area (Å²) >= 11 is 0. The van der Waals surface area contributed by atoms with Crippen LogP contribution in [0.5, 0.6) is 0 Å². The van der Waals surface area contributed by atoms with Crippen LogP contribution in [0.1, 0.15) is 27.7 Å². The molecule has 0 bridgehead atoms. The van der Waals surface area contributed by atoms with Crippen molar-refractivity contribution in [2.45, 2.75) is 33.3 Å². The first-order valence-electron chi connectivity index (χ1n) is 5.91. The first-order valence-corrected chi connectivity index (χ1v) is 5.91. The van der Waals surface area contributed by atoms with Gasteiger partial charge in [-0.1, -0.05) is 6.92 Å². The van der Waals surface area contributed by atoms with Crippen LogP contribution < -0.4 is 5.32 Å². The zero-order valence-corrected chi connectivity index (χ0v) is 10.7. The average Bonchev–Trinajstić information content (AvgIpc) is 2.57. The molecular formula is C12H23NO3. The van der Waals surface area contributed by atoms with Crippen LogP contribution >= 0.6 is 0 Å². The van der Waals surface area contributed by atoms with Gasteiger partial charge >= 0.3 is 5.97 Å². The highest BCUT2D eigenvalue weighted by Gasteiger charge is 2.30. The van der Waals surface area contributed by atoms with Crippen LogP contribution in [-0.4, -0.2) is 37.9 Å². The third-order valence-corrected chi connectivity index (χ3v) is 2.68. The van der Waals surface area contributed by atoms with Gasteiger partial charge in [-0.05, 0) is 33.2 Å². The van der Waals surface area contributed by atoms with Crippen LogP contribution in [-0.2, 0) is 14.3 Å². The van der Waals surface area contributed by atoms with Crippen LogP contribution in [0.3, 0.4) is 0 Å². The Morgan fingerprint density at radius 1 is 1.31 bits per heavy atom. The number of hydrogen-bond donors (Lipinski definition) is 1. The quantitative estimate of drug-likeness (QED) is 0.581. The molecule has 4 heteroatoms. The highest BCUT2D eigenvalue weighted by Crippen LogP contribution is 2.17. The smallest absolute Gasteiger partial charge is 0.310 e. The molecule has 1 heterocycles. The van der Waals surface area contributed by atoms with Crippen LogP contribution in [0.2, 0.25) is 0 Å². The lowest BCUT2D eigenvalue weighted by Crippen LogP contribution is -2.27. The summed E-state index contributed by atoms with van der Waals surface area (Å²) in [5.41, 5.74) is -0.172. The molecule has 0 aromatic heterocycles. The summed E-state index contributed by atoms with van der Waals surface area (Å²) in [6.45, 7) is 10.5. The van der Waals surface area contributed by atoms with Crippen molar-refractivity contribution in [3.8, 4) is 0 Å². The Balaban J connectivity index is 2.15. The third kappa shape index (κ3) is 4.49. The Kier molecular flexibility index (Phi) is 4.74. The van der Waals surface area contributed by atoms with Gasteiger partial charge in [-0.3, -0.25) is 4.79 Å². The van der Waals surface area contributed by atoms with Crippen molar-refractivity contribution < 1.29 is 14.3 Å². The predicted octanol–water partition coefficient (Wildman–Crippen LogP) is 1.20. The van der Waals surface area contributed by atoms with Crippen molar-refractivity contribution in [1.82, 2.24) is 5.32 Å². The normalized spacial score (nSPS) is 25.8. The molecule has 1 aliphatic rings. The number of esters is 1. The SMILES string of the molecule is C[C@@H]1CNC[C@H]1C(=O)OCCOC(C)(C)C. The van der Waals surface area contributed by atoms with E-state index in [-0.39, 0.29) is 17.5 Å². The van der Waals surface area contributed by atoms with E-state index in [2.05, 4.69) is 12.2 Å². The van der Waals surface area contributed by atoms with E-state index in [0.29, 0.717) is 19.1 Å². The van der Waals surface area contributed by atoms with Crippen LogP contribution in [0, 0.1) is 11.8 Å². The zero-order valence-electron chi connectivity index (χ0n) is 10.7. The van der Waals surface area contributed by atoms with Gasteiger partial charge in [-0.25, -0.2) is 0 Å². The Bertz CT molecular complexity index is 235. The van der Waals surface area contributed by atoms with Gasteiger partial charge in [-0.2, -0.15) is 0 Å². The lowest BCUT2D eigenvalue weighted by molar-refractivity contribution is -0.152. The van der Waals surface area contributed by atoms with Crippen molar-refractivity contribution >= 4 is 5.97 Å². The Labute approximate surface area is 97.7 Å². The molecule has 1 aliphatic heterocycles. The van der Waals surface area contributed by atoms with Crippen LogP contribution in [0.25, 0.3) is 0 Å². The van der Waals surface area contributed by atoms with Gasteiger partial charge in [0.25, 0.3) is 0 Å². The fourth-order valence-electron chi connectivity index (χ4n) is 1.72. The number of ether oxygens (including phenoxy) is 2. The standard InChI is InChI=1S/C12H23NO3/c1-9-7-13-8-10(9)11(14)15-5-6-16-12(2,3)4/h9-10,13H,5-8H2,1-4H3/t9-,10-/m1/s1. The maximum Gasteiger partial charge on any atom is 0.310 e. The highest BCUT2D eigenvalue weighted by atomic mass is 16.6. The predicted molar refractivity (Wildman–Crippen MR) is 62.2 cm³/mol. The average molecular weight is 229 g/mol. The molecule has 0 amide bonds. The summed E-state index contributed by atoms with van der Waals surface area (Å²) in [6, 6.07) is 0. The molecule has 1 saturated heterocycles. The monoisotopic (exact) mass is 229 g/mol. The molecule has 1 N–H and O–H groups in total. The largest absolute Gasteiger partial charge is 0.463 e. The molecule has 0 aromatic rings. The molecule has 0 radical (unpaired) electrons. The number of carbonyl (C=O) groups excluding carboxylic acids is 1. The van der Waals surface area contributed by atoms with Crippen LogP contribution in [0.15, 0.2) is 0 Å². The minimum atomic E-state index is -0.172. The van der Waals surface area contributed by atoms with Crippen molar-refractivity contribution in [1.29, 1.82) is 0 Å².